The number of carboxylic acids is 1. The summed E-state index contributed by atoms with van der Waals surface area (Å²) < 4.78 is 97.6. The van der Waals surface area contributed by atoms with Crippen molar-refractivity contribution in [1.29, 1.82) is 0 Å². The number of nitrogens with zero attached hydrogens (tertiary/aromatic N) is 17. The molecule has 32 heteroatoms. The fourth-order valence-electron chi connectivity index (χ4n) is 15.9. The topological polar surface area (TPSA) is 307 Å². The van der Waals surface area contributed by atoms with Gasteiger partial charge in [-0.1, -0.05) is 102 Å². The van der Waals surface area contributed by atoms with Gasteiger partial charge >= 0.3 is 5.97 Å². The first kappa shape index (κ1) is 93.9. The van der Waals surface area contributed by atoms with Crippen LogP contribution in [0, 0.1) is 51.0 Å². The van der Waals surface area contributed by atoms with Crippen LogP contribution in [-0.2, 0) is 79.6 Å². The first-order chi connectivity index (χ1) is 63.1. The van der Waals surface area contributed by atoms with Crippen LogP contribution in [0.25, 0.3) is 67.1 Å². The van der Waals surface area contributed by atoms with Crippen molar-refractivity contribution in [3.63, 3.8) is 0 Å². The van der Waals surface area contributed by atoms with Gasteiger partial charge in [-0.25, -0.2) is 42.3 Å². The van der Waals surface area contributed by atoms with E-state index in [0.29, 0.717) is 70.5 Å². The lowest BCUT2D eigenvalue weighted by molar-refractivity contribution is 0.0687. The van der Waals surface area contributed by atoms with Crippen molar-refractivity contribution in [2.75, 3.05) is 47.6 Å². The highest BCUT2D eigenvalue weighted by Gasteiger charge is 2.27. The summed E-state index contributed by atoms with van der Waals surface area (Å²) in [5.41, 5.74) is 26.4. The summed E-state index contributed by atoms with van der Waals surface area (Å²) in [6, 6.07) is 34.9. The number of hydrogen-bond donors (Lipinski definition) is 3. The average molecular weight is 1790 g/mol. The number of para-hydroxylation sites is 4. The SMILES string of the molecule is CCCc1cnc2ccc(-c3cccc(F)c3OCCc3c(C(=O)N(C)C)nn(C)c3C)cn12.CCCc1cnc2ccc(-c3cccc(F)c3OCCc3c(C(=O)NC)nn(C)c3C)cn12.CCCc1cnc2ccc(-c3cccc(F)c3OCCc3c(C(=O)O)nn(C)c3C)cn12.CCCc1cnc2ccc(-c3cccc(F)c3OCCc3c(C(N)=O)nn(C)c3C)cn12. The van der Waals surface area contributed by atoms with Gasteiger partial charge in [0.2, 0.25) is 0 Å². The number of halogens is 4. The van der Waals surface area contributed by atoms with E-state index < -0.39 is 35.1 Å². The molecule has 0 spiro atoms. The molecule has 0 unspecified atom stereocenters. The van der Waals surface area contributed by atoms with Gasteiger partial charge in [0, 0.05) is 237 Å². The summed E-state index contributed by atoms with van der Waals surface area (Å²) in [5, 5.41) is 28.9. The van der Waals surface area contributed by atoms with E-state index in [4.69, 9.17) is 24.7 Å². The van der Waals surface area contributed by atoms with Gasteiger partial charge in [-0.05, 0) is 126 Å². The largest absolute Gasteiger partial charge is 0.490 e. The van der Waals surface area contributed by atoms with Crippen LogP contribution in [0.2, 0.25) is 0 Å². The lowest BCUT2D eigenvalue weighted by atomic mass is 10.1. The lowest BCUT2D eigenvalue weighted by Gasteiger charge is -2.14. The number of fused-ring (bicyclic) bond motifs is 4. The molecule has 4 N–H and O–H groups in total. The normalized spacial score (nSPS) is 11.2. The number of nitrogens with one attached hydrogen (secondary N) is 1. The number of hydrogen-bond acceptors (Lipinski definition) is 16. The third-order valence-electron chi connectivity index (χ3n) is 23.2. The van der Waals surface area contributed by atoms with Crippen LogP contribution in [0.5, 0.6) is 23.0 Å². The maximum atomic E-state index is 14.9. The highest BCUT2D eigenvalue weighted by atomic mass is 19.1. The minimum absolute atomic E-state index is 0.00336. The molecule has 0 aliphatic rings. The number of nitrogens with two attached hydrogens (primary N) is 1. The summed E-state index contributed by atoms with van der Waals surface area (Å²) in [7, 11) is 12.0. The standard InChI is InChI=1S/C26H30FN5O2.C25H28FN5O2.C24H26FN5O2.C24H25FN4O3/c1-6-8-19-15-28-23-12-11-18(16-32(19)23)21-9-7-10-22(27)25(21)34-14-13-20-17(2)31(5)29-24(20)26(33)30(3)4;1-5-7-18-14-28-22-11-10-17(15-31(18)22)20-8-6-9-21(26)24(20)33-13-12-19-16(2)30(4)29-23(19)25(32)27-3;1-4-6-17-13-27-21-10-9-16(14-30(17)21)19-7-5-8-20(25)23(19)32-12-11-18-15(2)29(3)28-22(18)24(26)31;1-4-6-17-13-26-21-10-9-16(14-29(17)21)19-7-5-8-20(25)23(19)32-12-11-18-15(2)28(3)27-22(18)24(30)31/h7,9-12,15-16H,6,8,13-14H2,1-5H3;6,8-11,14-15H,5,7,12-13H2,1-4H3,(H,27,32);5,7-10,13-14H,4,6,11-12H2,1-3H3,(H2,26,31);5,7-10,13-14H,4,6,11-12H2,1-3H3,(H,30,31). The van der Waals surface area contributed by atoms with Crippen molar-refractivity contribution in [1.82, 2.24) is 86.9 Å². The van der Waals surface area contributed by atoms with Crippen molar-refractivity contribution in [3.8, 4) is 67.5 Å². The van der Waals surface area contributed by atoms with Gasteiger partial charge in [0.15, 0.2) is 69.0 Å². The molecule has 0 radical (unpaired) electrons. The summed E-state index contributed by atoms with van der Waals surface area (Å²) in [5.74, 6) is -3.17. The molecule has 12 heterocycles. The molecule has 0 saturated heterocycles. The summed E-state index contributed by atoms with van der Waals surface area (Å²) >= 11 is 0. The first-order valence-electron chi connectivity index (χ1n) is 43.6. The molecular weight excluding hydrogens is 1680 g/mol. The van der Waals surface area contributed by atoms with Gasteiger partial charge in [0.25, 0.3) is 17.7 Å². The molecule has 0 atom stereocenters. The predicted molar refractivity (Wildman–Crippen MR) is 494 cm³/mol. The molecule has 682 valence electrons. The van der Waals surface area contributed by atoms with E-state index in [1.54, 1.807) is 94.6 Å². The van der Waals surface area contributed by atoms with E-state index in [-0.39, 0.29) is 72.6 Å². The summed E-state index contributed by atoms with van der Waals surface area (Å²) in [4.78, 5) is 67.2. The number of benzene rings is 4. The van der Waals surface area contributed by atoms with Crippen LogP contribution in [0.15, 0.2) is 171 Å². The van der Waals surface area contributed by atoms with E-state index in [2.05, 4.69) is 73.3 Å². The second kappa shape index (κ2) is 42.0. The van der Waals surface area contributed by atoms with Crippen LogP contribution in [-0.4, -0.2) is 158 Å². The third kappa shape index (κ3) is 20.7. The van der Waals surface area contributed by atoms with Crippen molar-refractivity contribution >= 4 is 46.3 Å². The van der Waals surface area contributed by atoms with E-state index in [1.165, 1.54) is 33.8 Å². The Hall–Kier alpha value is -14.7. The van der Waals surface area contributed by atoms with Gasteiger partial charge in [0.1, 0.15) is 22.6 Å². The number of aryl methyl sites for hydroxylation is 8. The van der Waals surface area contributed by atoms with E-state index in [9.17, 15) is 41.8 Å². The molecule has 16 aromatic rings. The predicted octanol–water partition coefficient (Wildman–Crippen LogP) is 16.9. The van der Waals surface area contributed by atoms with Gasteiger partial charge < -0.3 is 57.6 Å². The maximum absolute atomic E-state index is 14.9. The second-order valence-corrected chi connectivity index (χ2v) is 32.0. The number of amides is 3. The van der Waals surface area contributed by atoms with Gasteiger partial charge in [-0.15, -0.1) is 0 Å². The zero-order chi connectivity index (χ0) is 93.6. The van der Waals surface area contributed by atoms with Crippen LogP contribution in [0.1, 0.15) is 163 Å². The molecule has 16 rings (SSSR count). The third-order valence-corrected chi connectivity index (χ3v) is 23.2. The fourth-order valence-corrected chi connectivity index (χ4v) is 15.9. The number of pyridine rings is 4. The maximum Gasteiger partial charge on any atom is 0.356 e. The van der Waals surface area contributed by atoms with Gasteiger partial charge in [0.05, 0.1) is 26.4 Å². The van der Waals surface area contributed by atoms with Crippen molar-refractivity contribution in [3.05, 3.63) is 285 Å². The number of rotatable bonds is 32. The Morgan fingerprint density at radius 1 is 0.382 bits per heavy atom. The lowest BCUT2D eigenvalue weighted by Crippen LogP contribution is -2.23. The quantitative estimate of drug-likeness (QED) is 0.0330. The molecule has 0 aliphatic carbocycles. The van der Waals surface area contributed by atoms with E-state index in [1.807, 2.05) is 161 Å². The number of aromatic carboxylic acids is 1. The first-order valence-corrected chi connectivity index (χ1v) is 43.6. The van der Waals surface area contributed by atoms with E-state index in [0.717, 1.165) is 153 Å². The molecule has 0 aliphatic heterocycles. The number of aromatic nitrogens is 16. The number of carbonyl (C=O) groups excluding carboxylic acids is 3. The Bertz CT molecular complexity index is 6640. The van der Waals surface area contributed by atoms with Crippen molar-refractivity contribution in [2.24, 2.45) is 33.9 Å². The number of ether oxygens (including phenoxy) is 4. The monoisotopic (exact) mass is 1780 g/mol. The Morgan fingerprint density at radius 3 is 0.908 bits per heavy atom. The Labute approximate surface area is 756 Å². The number of primary amides is 1. The second-order valence-electron chi connectivity index (χ2n) is 32.0. The number of carboxylic acid groups (broad SMARTS) is 1. The van der Waals surface area contributed by atoms with Crippen LogP contribution < -0.4 is 30.0 Å². The van der Waals surface area contributed by atoms with Crippen LogP contribution >= 0.6 is 0 Å². The highest BCUT2D eigenvalue weighted by molar-refractivity contribution is 5.95. The molecule has 4 aromatic carbocycles. The zero-order valence-corrected chi connectivity index (χ0v) is 76.4. The van der Waals surface area contributed by atoms with Crippen molar-refractivity contribution in [2.45, 2.75) is 132 Å². The van der Waals surface area contributed by atoms with E-state index >= 15 is 0 Å². The molecule has 0 saturated carbocycles. The minimum atomic E-state index is -1.09. The minimum Gasteiger partial charge on any atom is -0.490 e. The summed E-state index contributed by atoms with van der Waals surface area (Å²) in [6.45, 7) is 16.7. The molecular formula is C99H109F4N19O9. The van der Waals surface area contributed by atoms with Crippen molar-refractivity contribution < 1.29 is 60.8 Å². The summed E-state index contributed by atoms with van der Waals surface area (Å²) in [6.07, 6.45) is 24.6. The van der Waals surface area contributed by atoms with Crippen LogP contribution in [0.4, 0.5) is 17.6 Å². The number of carbonyl (C=O) groups is 4. The average Bonchev–Trinajstić information content (AvgIpc) is 1.68. The zero-order valence-electron chi connectivity index (χ0n) is 76.4. The molecule has 131 heavy (non-hydrogen) atoms. The van der Waals surface area contributed by atoms with Gasteiger partial charge in [-0.2, -0.15) is 20.4 Å². The Morgan fingerprint density at radius 2 is 0.641 bits per heavy atom. The molecule has 0 fully saturated rings. The van der Waals surface area contributed by atoms with Gasteiger partial charge in [-0.3, -0.25) is 33.1 Å². The molecule has 3 amide bonds. The molecule has 0 bridgehead atoms. The fraction of sp³-hybridized carbons (Fsp3) is 0.313. The number of imidazole rings is 4. The van der Waals surface area contributed by atoms with Crippen LogP contribution in [0.3, 0.4) is 0 Å². The Kier molecular flexibility index (Phi) is 30.1. The molecule has 28 nitrogen and oxygen atoms in total. The highest BCUT2D eigenvalue weighted by Crippen LogP contribution is 2.39. The smallest absolute Gasteiger partial charge is 0.356 e. The Balaban J connectivity index is 0.000000149. The molecule has 12 aromatic heterocycles.